The highest BCUT2D eigenvalue weighted by molar-refractivity contribution is 5.08. The van der Waals surface area contributed by atoms with E-state index in [1.807, 2.05) is 0 Å². The summed E-state index contributed by atoms with van der Waals surface area (Å²) in [7, 11) is 0. The van der Waals surface area contributed by atoms with E-state index in [4.69, 9.17) is 11.5 Å². The number of hydrogen-bond acceptors (Lipinski definition) is 2. The molecule has 3 rings (SSSR count). The molecule has 0 atom stereocenters. The van der Waals surface area contributed by atoms with Gasteiger partial charge in [0.25, 0.3) is 0 Å². The SMILES string of the molecule is NCC1C2CC1C2CN. The number of rotatable bonds is 2. The lowest BCUT2D eigenvalue weighted by Gasteiger charge is -2.64. The van der Waals surface area contributed by atoms with E-state index in [2.05, 4.69) is 0 Å². The Morgan fingerprint density at radius 2 is 1.44 bits per heavy atom. The summed E-state index contributed by atoms with van der Waals surface area (Å²) in [5.41, 5.74) is 11.1. The molecule has 3 saturated carbocycles. The molecule has 0 unspecified atom stereocenters. The molecule has 9 heavy (non-hydrogen) atoms. The first-order chi connectivity index (χ1) is 4.38. The Morgan fingerprint density at radius 3 is 1.67 bits per heavy atom. The Morgan fingerprint density at radius 1 is 1.00 bits per heavy atom. The summed E-state index contributed by atoms with van der Waals surface area (Å²) >= 11 is 0. The van der Waals surface area contributed by atoms with Crippen LogP contribution in [0, 0.1) is 23.7 Å². The molecule has 2 bridgehead atoms. The quantitative estimate of drug-likeness (QED) is 0.537. The van der Waals surface area contributed by atoms with Crippen LogP contribution in [0.2, 0.25) is 0 Å². The second-order valence-electron chi connectivity index (χ2n) is 3.36. The lowest BCUT2D eigenvalue weighted by molar-refractivity contribution is -0.150. The minimum absolute atomic E-state index is 0.860. The van der Waals surface area contributed by atoms with E-state index in [-0.39, 0.29) is 0 Å². The van der Waals surface area contributed by atoms with Crippen molar-refractivity contribution >= 4 is 0 Å². The van der Waals surface area contributed by atoms with Crippen LogP contribution >= 0.6 is 0 Å². The van der Waals surface area contributed by atoms with Gasteiger partial charge in [-0.25, -0.2) is 0 Å². The van der Waals surface area contributed by atoms with E-state index in [9.17, 15) is 0 Å². The zero-order valence-corrected chi connectivity index (χ0v) is 5.59. The van der Waals surface area contributed by atoms with E-state index < -0.39 is 0 Å². The van der Waals surface area contributed by atoms with E-state index in [0.717, 1.165) is 36.8 Å². The summed E-state index contributed by atoms with van der Waals surface area (Å²) < 4.78 is 0. The van der Waals surface area contributed by atoms with Crippen LogP contribution in [0.3, 0.4) is 0 Å². The molecule has 0 spiro atoms. The lowest BCUT2D eigenvalue weighted by Crippen LogP contribution is -2.64. The molecule has 4 N–H and O–H groups in total. The van der Waals surface area contributed by atoms with Crippen molar-refractivity contribution in [3.05, 3.63) is 0 Å². The van der Waals surface area contributed by atoms with Gasteiger partial charge >= 0.3 is 0 Å². The first-order valence-electron chi connectivity index (χ1n) is 3.78. The molecule has 2 nitrogen and oxygen atoms in total. The van der Waals surface area contributed by atoms with Gasteiger partial charge in [0, 0.05) is 0 Å². The van der Waals surface area contributed by atoms with Crippen LogP contribution in [-0.2, 0) is 0 Å². The minimum Gasteiger partial charge on any atom is -0.330 e. The third kappa shape index (κ3) is 0.485. The highest BCUT2D eigenvalue weighted by Gasteiger charge is 2.59. The molecule has 0 aromatic rings. The second-order valence-corrected chi connectivity index (χ2v) is 3.36. The minimum atomic E-state index is 0.860. The van der Waals surface area contributed by atoms with Crippen LogP contribution in [0.1, 0.15) is 6.42 Å². The maximum absolute atomic E-state index is 5.53. The lowest BCUT2D eigenvalue weighted by atomic mass is 9.41. The molecule has 0 aliphatic heterocycles. The monoisotopic (exact) mass is 126 g/mol. The summed E-state index contributed by atoms with van der Waals surface area (Å²) in [6, 6.07) is 0. The predicted octanol–water partition coefficient (Wildman–Crippen LogP) is -0.214. The van der Waals surface area contributed by atoms with E-state index in [1.54, 1.807) is 0 Å². The predicted molar refractivity (Wildman–Crippen MR) is 36.7 cm³/mol. The number of nitrogens with two attached hydrogens (primary N) is 2. The normalized spacial score (nSPS) is 54.0. The highest BCUT2D eigenvalue weighted by atomic mass is 14.7. The maximum atomic E-state index is 5.53. The Labute approximate surface area is 55.6 Å². The summed E-state index contributed by atoms with van der Waals surface area (Å²) in [5.74, 6) is 3.56. The van der Waals surface area contributed by atoms with Gasteiger partial charge in [-0.3, -0.25) is 0 Å². The van der Waals surface area contributed by atoms with Gasteiger partial charge < -0.3 is 11.5 Å². The van der Waals surface area contributed by atoms with E-state index in [0.29, 0.717) is 0 Å². The van der Waals surface area contributed by atoms with Gasteiger partial charge in [0.15, 0.2) is 0 Å². The van der Waals surface area contributed by atoms with Crippen LogP contribution in [0.4, 0.5) is 0 Å². The molecular formula is C7H14N2. The largest absolute Gasteiger partial charge is 0.330 e. The Kier molecular flexibility index (Phi) is 1.08. The molecule has 52 valence electrons. The molecule has 0 amide bonds. The molecule has 0 heterocycles. The topological polar surface area (TPSA) is 52.0 Å². The molecule has 0 aromatic heterocycles. The average Bonchev–Trinajstić information content (AvgIpc) is 1.61. The maximum Gasteiger partial charge on any atom is -0.00433 e. The molecule has 3 fully saturated rings. The third-order valence-electron chi connectivity index (χ3n) is 3.29. The van der Waals surface area contributed by atoms with Crippen LogP contribution in [0.15, 0.2) is 0 Å². The van der Waals surface area contributed by atoms with E-state index >= 15 is 0 Å². The average molecular weight is 126 g/mol. The fourth-order valence-corrected chi connectivity index (χ4v) is 2.45. The molecular weight excluding hydrogens is 112 g/mol. The smallest absolute Gasteiger partial charge is 0.00433 e. The molecule has 0 radical (unpaired) electrons. The Hall–Kier alpha value is -0.0800. The molecule has 0 saturated heterocycles. The van der Waals surface area contributed by atoms with Crippen molar-refractivity contribution in [3.63, 3.8) is 0 Å². The van der Waals surface area contributed by atoms with Crippen LogP contribution < -0.4 is 11.5 Å². The fourth-order valence-electron chi connectivity index (χ4n) is 2.45. The van der Waals surface area contributed by atoms with Gasteiger partial charge in [-0.1, -0.05) is 0 Å². The zero-order chi connectivity index (χ0) is 6.43. The highest BCUT2D eigenvalue weighted by Crippen LogP contribution is 2.62. The van der Waals surface area contributed by atoms with Crippen LogP contribution in [0.5, 0.6) is 0 Å². The van der Waals surface area contributed by atoms with Gasteiger partial charge in [-0.05, 0) is 43.2 Å². The van der Waals surface area contributed by atoms with Gasteiger partial charge in [0.05, 0.1) is 0 Å². The molecule has 3 aliphatic rings. The van der Waals surface area contributed by atoms with Gasteiger partial charge in [-0.2, -0.15) is 0 Å². The zero-order valence-electron chi connectivity index (χ0n) is 5.59. The van der Waals surface area contributed by atoms with E-state index in [1.165, 1.54) is 6.42 Å². The summed E-state index contributed by atoms with van der Waals surface area (Å²) in [4.78, 5) is 0. The fraction of sp³-hybridized carbons (Fsp3) is 1.00. The van der Waals surface area contributed by atoms with Gasteiger partial charge in [-0.15, -0.1) is 0 Å². The first kappa shape index (κ1) is 5.69. The summed E-state index contributed by atoms with van der Waals surface area (Å²) in [6.45, 7) is 1.79. The van der Waals surface area contributed by atoms with Crippen molar-refractivity contribution in [2.75, 3.05) is 13.1 Å². The second kappa shape index (κ2) is 1.70. The number of hydrogen-bond donors (Lipinski definition) is 2. The Bertz CT molecular complexity index is 102. The van der Waals surface area contributed by atoms with Crippen LogP contribution in [0.25, 0.3) is 0 Å². The molecule has 2 heteroatoms. The van der Waals surface area contributed by atoms with Gasteiger partial charge in [0.2, 0.25) is 0 Å². The molecule has 0 aromatic carbocycles. The standard InChI is InChI=1S/C7H14N2/c8-2-6-4-1-5(6)7(4)3-9/h4-7H,1-3,8-9H2. The van der Waals surface area contributed by atoms with Crippen molar-refractivity contribution < 1.29 is 0 Å². The van der Waals surface area contributed by atoms with Crippen molar-refractivity contribution in [2.45, 2.75) is 6.42 Å². The molecule has 3 aliphatic carbocycles. The van der Waals surface area contributed by atoms with Crippen molar-refractivity contribution in [1.82, 2.24) is 0 Å². The van der Waals surface area contributed by atoms with Gasteiger partial charge in [0.1, 0.15) is 0 Å². The summed E-state index contributed by atoms with van der Waals surface area (Å²) in [5, 5.41) is 0. The van der Waals surface area contributed by atoms with Crippen molar-refractivity contribution in [1.29, 1.82) is 0 Å². The van der Waals surface area contributed by atoms with Crippen molar-refractivity contribution in [2.24, 2.45) is 35.1 Å². The summed E-state index contributed by atoms with van der Waals surface area (Å²) in [6.07, 6.45) is 1.42. The Balaban J connectivity index is 1.88. The first-order valence-corrected chi connectivity index (χ1v) is 3.78. The van der Waals surface area contributed by atoms with Crippen molar-refractivity contribution in [3.8, 4) is 0 Å². The van der Waals surface area contributed by atoms with Crippen LogP contribution in [-0.4, -0.2) is 13.1 Å². The third-order valence-corrected chi connectivity index (χ3v) is 3.29.